The highest BCUT2D eigenvalue weighted by atomic mass is 32.2. The van der Waals surface area contributed by atoms with Crippen molar-refractivity contribution in [1.29, 1.82) is 0 Å². The maximum atomic E-state index is 10.8. The number of carbonyl (C=O) groups is 1. The predicted octanol–water partition coefficient (Wildman–Crippen LogP) is -0.0301. The Morgan fingerprint density at radius 2 is 2.53 bits per heavy atom. The number of hydrogen-bond acceptors (Lipinski definition) is 5. The number of hydrogen-bond donors (Lipinski definition) is 2. The lowest BCUT2D eigenvalue weighted by atomic mass is 10.3. The van der Waals surface area contributed by atoms with E-state index in [1.807, 2.05) is 14.0 Å². The van der Waals surface area contributed by atoms with Crippen LogP contribution in [-0.2, 0) is 11.8 Å². The van der Waals surface area contributed by atoms with Crippen molar-refractivity contribution >= 4 is 17.7 Å². The summed E-state index contributed by atoms with van der Waals surface area (Å²) in [6.07, 6.45) is 1.59. The fraction of sp³-hybridized carbons (Fsp3) is 0.625. The molecule has 1 heterocycles. The first kappa shape index (κ1) is 12.0. The van der Waals surface area contributed by atoms with E-state index in [0.717, 1.165) is 5.16 Å². The Bertz CT molecular complexity index is 328. The minimum atomic E-state index is -0.841. The molecule has 0 spiro atoms. The number of aryl methyl sites for hydroxylation is 1. The van der Waals surface area contributed by atoms with Gasteiger partial charge in [0.2, 0.25) is 0 Å². The largest absolute Gasteiger partial charge is 0.480 e. The van der Waals surface area contributed by atoms with Gasteiger partial charge in [-0.05, 0) is 6.54 Å². The van der Waals surface area contributed by atoms with Crippen LogP contribution in [0.1, 0.15) is 6.92 Å². The highest BCUT2D eigenvalue weighted by molar-refractivity contribution is 7.99. The maximum Gasteiger partial charge on any atom is 0.321 e. The van der Waals surface area contributed by atoms with Crippen molar-refractivity contribution in [3.63, 3.8) is 0 Å². The lowest BCUT2D eigenvalue weighted by molar-refractivity contribution is -0.138. The van der Waals surface area contributed by atoms with Gasteiger partial charge >= 0.3 is 5.97 Å². The van der Waals surface area contributed by atoms with Crippen molar-refractivity contribution in [1.82, 2.24) is 20.1 Å². The fourth-order valence-corrected chi connectivity index (χ4v) is 1.96. The molecule has 15 heavy (non-hydrogen) atoms. The van der Waals surface area contributed by atoms with Gasteiger partial charge in [-0.1, -0.05) is 18.7 Å². The summed E-state index contributed by atoms with van der Waals surface area (Å²) in [5.41, 5.74) is 0. The van der Waals surface area contributed by atoms with Gasteiger partial charge in [0.1, 0.15) is 12.4 Å². The Balaban J connectivity index is 2.47. The molecule has 84 valence electrons. The normalized spacial score (nSPS) is 12.7. The lowest BCUT2D eigenvalue weighted by Crippen LogP contribution is -2.38. The molecule has 2 N–H and O–H groups in total. The van der Waals surface area contributed by atoms with Crippen LogP contribution in [0, 0.1) is 0 Å². The predicted molar refractivity (Wildman–Crippen MR) is 56.8 cm³/mol. The van der Waals surface area contributed by atoms with Crippen LogP contribution in [0.4, 0.5) is 0 Å². The van der Waals surface area contributed by atoms with Crippen molar-refractivity contribution in [2.24, 2.45) is 7.05 Å². The van der Waals surface area contributed by atoms with E-state index < -0.39 is 12.0 Å². The second kappa shape index (κ2) is 5.72. The monoisotopic (exact) mass is 230 g/mol. The SMILES string of the molecule is CCNC(CSc1nncn1C)C(=O)O. The molecule has 1 unspecified atom stereocenters. The number of nitrogens with one attached hydrogen (secondary N) is 1. The Labute approximate surface area is 92.1 Å². The zero-order chi connectivity index (χ0) is 11.3. The molecule has 0 aliphatic rings. The van der Waals surface area contributed by atoms with E-state index in [0.29, 0.717) is 12.3 Å². The number of nitrogens with zero attached hydrogens (tertiary/aromatic N) is 3. The summed E-state index contributed by atoms with van der Waals surface area (Å²) in [4.78, 5) is 10.8. The first-order valence-corrected chi connectivity index (χ1v) is 5.56. The summed E-state index contributed by atoms with van der Waals surface area (Å²) in [7, 11) is 1.82. The second-order valence-corrected chi connectivity index (χ2v) is 3.97. The van der Waals surface area contributed by atoms with Crippen LogP contribution in [-0.4, -0.2) is 44.2 Å². The molecule has 1 atom stereocenters. The minimum Gasteiger partial charge on any atom is -0.480 e. The summed E-state index contributed by atoms with van der Waals surface area (Å²) < 4.78 is 1.76. The van der Waals surface area contributed by atoms with Crippen LogP contribution in [0.5, 0.6) is 0 Å². The molecule has 1 aromatic heterocycles. The van der Waals surface area contributed by atoms with Gasteiger partial charge < -0.3 is 15.0 Å². The topological polar surface area (TPSA) is 80.0 Å². The maximum absolute atomic E-state index is 10.8. The Morgan fingerprint density at radius 3 is 3.00 bits per heavy atom. The van der Waals surface area contributed by atoms with Crippen molar-refractivity contribution in [2.45, 2.75) is 18.1 Å². The first-order valence-electron chi connectivity index (χ1n) is 4.58. The van der Waals surface area contributed by atoms with Gasteiger partial charge in [0.15, 0.2) is 5.16 Å². The third-order valence-corrected chi connectivity index (χ3v) is 2.93. The van der Waals surface area contributed by atoms with Crippen molar-refractivity contribution in [2.75, 3.05) is 12.3 Å². The van der Waals surface area contributed by atoms with E-state index in [9.17, 15) is 4.79 Å². The van der Waals surface area contributed by atoms with E-state index in [-0.39, 0.29) is 0 Å². The molecule has 0 aliphatic carbocycles. The highest BCUT2D eigenvalue weighted by Crippen LogP contribution is 2.14. The first-order chi connectivity index (χ1) is 7.15. The molecule has 0 saturated heterocycles. The van der Waals surface area contributed by atoms with Gasteiger partial charge in [-0.3, -0.25) is 4.79 Å². The third kappa shape index (κ3) is 3.52. The average Bonchev–Trinajstić information content (AvgIpc) is 2.58. The molecular weight excluding hydrogens is 216 g/mol. The molecule has 0 radical (unpaired) electrons. The Hall–Kier alpha value is -1.08. The molecule has 0 aromatic carbocycles. The number of carboxylic acid groups (broad SMARTS) is 1. The van der Waals surface area contributed by atoms with Crippen molar-refractivity contribution in [3.8, 4) is 0 Å². The molecular formula is C8H14N4O2S. The zero-order valence-corrected chi connectivity index (χ0v) is 9.49. The number of carboxylic acids is 1. The summed E-state index contributed by atoms with van der Waals surface area (Å²) in [6.45, 7) is 2.51. The second-order valence-electron chi connectivity index (χ2n) is 2.98. The summed E-state index contributed by atoms with van der Waals surface area (Å²) in [5, 5.41) is 20.1. The van der Waals surface area contributed by atoms with Crippen molar-refractivity contribution < 1.29 is 9.90 Å². The van der Waals surface area contributed by atoms with Crippen molar-refractivity contribution in [3.05, 3.63) is 6.33 Å². The third-order valence-electron chi connectivity index (χ3n) is 1.80. The van der Waals surface area contributed by atoms with Crippen LogP contribution in [0.3, 0.4) is 0 Å². The van der Waals surface area contributed by atoms with Crippen LogP contribution in [0.2, 0.25) is 0 Å². The molecule has 1 aromatic rings. The molecule has 0 bridgehead atoms. The standard InChI is InChI=1S/C8H14N4O2S/c1-3-9-6(7(13)14)4-15-8-11-10-5-12(8)2/h5-6,9H,3-4H2,1-2H3,(H,13,14). The molecule has 0 amide bonds. The van der Waals surface area contributed by atoms with Gasteiger partial charge in [0.05, 0.1) is 0 Å². The molecule has 7 heteroatoms. The van der Waals surface area contributed by atoms with Crippen LogP contribution in [0.25, 0.3) is 0 Å². The molecule has 0 fully saturated rings. The Kier molecular flexibility index (Phi) is 4.57. The van der Waals surface area contributed by atoms with E-state index >= 15 is 0 Å². The summed E-state index contributed by atoms with van der Waals surface area (Å²) in [5.74, 6) is -0.401. The van der Waals surface area contributed by atoms with Crippen LogP contribution >= 0.6 is 11.8 Å². The van der Waals surface area contributed by atoms with E-state index in [1.54, 1.807) is 10.9 Å². The van der Waals surface area contributed by atoms with Gasteiger partial charge in [0, 0.05) is 12.8 Å². The summed E-state index contributed by atoms with van der Waals surface area (Å²) >= 11 is 1.38. The highest BCUT2D eigenvalue weighted by Gasteiger charge is 2.17. The number of thioether (sulfide) groups is 1. The molecule has 1 rings (SSSR count). The average molecular weight is 230 g/mol. The quantitative estimate of drug-likeness (QED) is 0.668. The van der Waals surface area contributed by atoms with E-state index in [4.69, 9.17) is 5.11 Å². The lowest BCUT2D eigenvalue weighted by Gasteiger charge is -2.11. The number of aliphatic carboxylic acids is 1. The number of likely N-dealkylation sites (N-methyl/N-ethyl adjacent to an activating group) is 1. The van der Waals surface area contributed by atoms with Gasteiger partial charge in [-0.15, -0.1) is 10.2 Å². The fourth-order valence-electron chi connectivity index (χ4n) is 1.03. The van der Waals surface area contributed by atoms with E-state index in [1.165, 1.54) is 11.8 Å². The van der Waals surface area contributed by atoms with Gasteiger partial charge in [-0.25, -0.2) is 0 Å². The van der Waals surface area contributed by atoms with Crippen LogP contribution in [0.15, 0.2) is 11.5 Å². The molecule has 0 saturated carbocycles. The minimum absolute atomic E-state index is 0.440. The van der Waals surface area contributed by atoms with Crippen LogP contribution < -0.4 is 5.32 Å². The number of aromatic nitrogens is 3. The molecule has 6 nitrogen and oxygen atoms in total. The smallest absolute Gasteiger partial charge is 0.321 e. The number of rotatable bonds is 6. The zero-order valence-electron chi connectivity index (χ0n) is 8.67. The summed E-state index contributed by atoms with van der Waals surface area (Å²) in [6, 6.07) is -0.545. The van der Waals surface area contributed by atoms with Gasteiger partial charge in [0.25, 0.3) is 0 Å². The Morgan fingerprint density at radius 1 is 1.80 bits per heavy atom. The van der Waals surface area contributed by atoms with E-state index in [2.05, 4.69) is 15.5 Å². The molecule has 0 aliphatic heterocycles. The van der Waals surface area contributed by atoms with Gasteiger partial charge in [-0.2, -0.15) is 0 Å².